The Morgan fingerprint density at radius 1 is 1.14 bits per heavy atom. The lowest BCUT2D eigenvalue weighted by Crippen LogP contribution is -2.26. The monoisotopic (exact) mass is 288 g/mol. The van der Waals surface area contributed by atoms with Gasteiger partial charge < -0.3 is 5.32 Å². The van der Waals surface area contributed by atoms with E-state index in [4.69, 9.17) is 0 Å². The van der Waals surface area contributed by atoms with Gasteiger partial charge in [-0.05, 0) is 55.3 Å². The Hall–Kier alpha value is -0.860. The van der Waals surface area contributed by atoms with E-state index in [0.29, 0.717) is 5.41 Å². The minimum atomic E-state index is 0.584. The smallest absolute Gasteiger partial charge is 0.0234 e. The van der Waals surface area contributed by atoms with Gasteiger partial charge in [0.15, 0.2) is 0 Å². The fourth-order valence-corrected chi connectivity index (χ4v) is 3.50. The fraction of sp³-hybridized carbons (Fsp3) is 0.684. The third-order valence-electron chi connectivity index (χ3n) is 5.17. The van der Waals surface area contributed by atoms with Crippen molar-refractivity contribution >= 4 is 0 Å². The quantitative estimate of drug-likeness (QED) is 0.721. The van der Waals surface area contributed by atoms with Crippen molar-refractivity contribution < 1.29 is 0 Å². The number of nitrogens with zero attached hydrogens (tertiary/aromatic N) is 1. The van der Waals surface area contributed by atoms with E-state index >= 15 is 0 Å². The Balaban J connectivity index is 1.90. The van der Waals surface area contributed by atoms with E-state index < -0.39 is 0 Å². The van der Waals surface area contributed by atoms with Gasteiger partial charge in [-0.25, -0.2) is 0 Å². The minimum absolute atomic E-state index is 0.584. The summed E-state index contributed by atoms with van der Waals surface area (Å²) in [7, 11) is 0. The van der Waals surface area contributed by atoms with Crippen LogP contribution in [0.5, 0.6) is 0 Å². The van der Waals surface area contributed by atoms with E-state index in [1.54, 1.807) is 0 Å². The van der Waals surface area contributed by atoms with Crippen LogP contribution in [0.3, 0.4) is 0 Å². The van der Waals surface area contributed by atoms with Crippen molar-refractivity contribution in [1.29, 1.82) is 0 Å². The lowest BCUT2D eigenvalue weighted by Gasteiger charge is -2.26. The molecule has 1 heterocycles. The highest BCUT2D eigenvalue weighted by atomic mass is 15.2. The van der Waals surface area contributed by atoms with Crippen LogP contribution in [0.1, 0.15) is 57.6 Å². The summed E-state index contributed by atoms with van der Waals surface area (Å²) in [4.78, 5) is 2.64. The molecule has 1 aromatic rings. The zero-order valence-corrected chi connectivity index (χ0v) is 14.1. The van der Waals surface area contributed by atoms with E-state index in [1.807, 2.05) is 0 Å². The second-order valence-corrected chi connectivity index (χ2v) is 6.66. The molecule has 0 aliphatic carbocycles. The Labute approximate surface area is 130 Å². The molecule has 0 spiro atoms. The standard InChI is InChI=1S/C19H32N2/c1-4-11-20-14-17-8-7-9-18(13-17)15-21-12-10-19(5-2,6-3)16-21/h7-9,13,20H,4-6,10-12,14-16H2,1-3H3. The van der Waals surface area contributed by atoms with Crippen molar-refractivity contribution in [3.05, 3.63) is 35.4 Å². The normalized spacial score (nSPS) is 18.2. The van der Waals surface area contributed by atoms with Crippen LogP contribution in [0.4, 0.5) is 0 Å². The van der Waals surface area contributed by atoms with Crippen molar-refractivity contribution in [2.24, 2.45) is 5.41 Å². The maximum absolute atomic E-state index is 3.49. The second kappa shape index (κ2) is 7.95. The van der Waals surface area contributed by atoms with E-state index in [2.05, 4.69) is 55.3 Å². The van der Waals surface area contributed by atoms with Gasteiger partial charge in [-0.3, -0.25) is 4.90 Å². The molecule has 1 aliphatic heterocycles. The molecule has 118 valence electrons. The van der Waals surface area contributed by atoms with Gasteiger partial charge in [-0.15, -0.1) is 0 Å². The predicted octanol–water partition coefficient (Wildman–Crippen LogP) is 4.20. The predicted molar refractivity (Wildman–Crippen MR) is 91.3 cm³/mol. The lowest BCUT2D eigenvalue weighted by atomic mass is 9.82. The Kier molecular flexibility index (Phi) is 6.25. The summed E-state index contributed by atoms with van der Waals surface area (Å²) in [5.74, 6) is 0. The van der Waals surface area contributed by atoms with Crippen LogP contribution in [0.2, 0.25) is 0 Å². The largest absolute Gasteiger partial charge is 0.313 e. The van der Waals surface area contributed by atoms with Crippen LogP contribution >= 0.6 is 0 Å². The molecule has 2 nitrogen and oxygen atoms in total. The van der Waals surface area contributed by atoms with Gasteiger partial charge >= 0.3 is 0 Å². The SMILES string of the molecule is CCCNCc1cccc(CN2CCC(CC)(CC)C2)c1. The minimum Gasteiger partial charge on any atom is -0.313 e. The highest BCUT2D eigenvalue weighted by molar-refractivity contribution is 5.23. The summed E-state index contributed by atoms with van der Waals surface area (Å²) < 4.78 is 0. The maximum Gasteiger partial charge on any atom is 0.0234 e. The summed E-state index contributed by atoms with van der Waals surface area (Å²) in [6, 6.07) is 9.10. The molecule has 1 aliphatic rings. The van der Waals surface area contributed by atoms with E-state index in [1.165, 1.54) is 49.9 Å². The second-order valence-electron chi connectivity index (χ2n) is 6.66. The third kappa shape index (κ3) is 4.55. The Morgan fingerprint density at radius 2 is 1.90 bits per heavy atom. The number of nitrogens with one attached hydrogen (secondary N) is 1. The van der Waals surface area contributed by atoms with Gasteiger partial charge in [-0.2, -0.15) is 0 Å². The molecule has 0 radical (unpaired) electrons. The molecule has 2 heteroatoms. The molecule has 21 heavy (non-hydrogen) atoms. The number of rotatable bonds is 8. The van der Waals surface area contributed by atoms with Crippen LogP contribution < -0.4 is 5.32 Å². The van der Waals surface area contributed by atoms with Crippen LogP contribution in [0.15, 0.2) is 24.3 Å². The first-order valence-corrected chi connectivity index (χ1v) is 8.72. The van der Waals surface area contributed by atoms with Gasteiger partial charge in [0.05, 0.1) is 0 Å². The molecule has 1 N–H and O–H groups in total. The zero-order chi connectivity index (χ0) is 15.1. The summed E-state index contributed by atoms with van der Waals surface area (Å²) in [6.45, 7) is 12.7. The van der Waals surface area contributed by atoms with Crippen molar-refractivity contribution in [3.63, 3.8) is 0 Å². The summed E-state index contributed by atoms with van der Waals surface area (Å²) in [5.41, 5.74) is 3.46. The Bertz CT molecular complexity index is 423. The van der Waals surface area contributed by atoms with Gasteiger partial charge in [0.1, 0.15) is 0 Å². The van der Waals surface area contributed by atoms with Crippen LogP contribution in [0.25, 0.3) is 0 Å². The molecule has 0 aromatic heterocycles. The molecule has 2 rings (SSSR count). The lowest BCUT2D eigenvalue weighted by molar-refractivity contribution is 0.236. The molecular formula is C19H32N2. The van der Waals surface area contributed by atoms with Crippen molar-refractivity contribution in [3.8, 4) is 0 Å². The molecule has 0 saturated carbocycles. The van der Waals surface area contributed by atoms with E-state index in [0.717, 1.165) is 19.6 Å². The average Bonchev–Trinajstić information content (AvgIpc) is 2.92. The first kappa shape index (κ1) is 16.5. The van der Waals surface area contributed by atoms with Crippen LogP contribution in [-0.4, -0.2) is 24.5 Å². The summed E-state index contributed by atoms with van der Waals surface area (Å²) in [5, 5.41) is 3.49. The molecule has 0 amide bonds. The van der Waals surface area contributed by atoms with Crippen molar-refractivity contribution in [1.82, 2.24) is 10.2 Å². The van der Waals surface area contributed by atoms with Crippen molar-refractivity contribution in [2.45, 2.75) is 59.5 Å². The molecule has 0 atom stereocenters. The van der Waals surface area contributed by atoms with Gasteiger partial charge in [0.2, 0.25) is 0 Å². The first-order valence-electron chi connectivity index (χ1n) is 8.72. The average molecular weight is 288 g/mol. The number of hydrogen-bond acceptors (Lipinski definition) is 2. The highest BCUT2D eigenvalue weighted by Crippen LogP contribution is 2.37. The summed E-state index contributed by atoms with van der Waals surface area (Å²) >= 11 is 0. The molecule has 0 bridgehead atoms. The number of benzene rings is 1. The molecule has 0 unspecified atom stereocenters. The van der Waals surface area contributed by atoms with E-state index in [-0.39, 0.29) is 0 Å². The number of likely N-dealkylation sites (tertiary alicyclic amines) is 1. The Morgan fingerprint density at radius 3 is 2.57 bits per heavy atom. The van der Waals surface area contributed by atoms with Crippen LogP contribution in [-0.2, 0) is 13.1 Å². The maximum atomic E-state index is 3.49. The summed E-state index contributed by atoms with van der Waals surface area (Å²) in [6.07, 6.45) is 5.21. The molecule has 1 fully saturated rings. The molecule has 1 aromatic carbocycles. The molecular weight excluding hydrogens is 256 g/mol. The fourth-order valence-electron chi connectivity index (χ4n) is 3.50. The van der Waals surface area contributed by atoms with Gasteiger partial charge in [-0.1, -0.05) is 45.0 Å². The third-order valence-corrected chi connectivity index (χ3v) is 5.17. The van der Waals surface area contributed by atoms with Gasteiger partial charge in [0, 0.05) is 19.6 Å². The topological polar surface area (TPSA) is 15.3 Å². The number of hydrogen-bond donors (Lipinski definition) is 1. The highest BCUT2D eigenvalue weighted by Gasteiger charge is 2.34. The van der Waals surface area contributed by atoms with Gasteiger partial charge in [0.25, 0.3) is 0 Å². The zero-order valence-electron chi connectivity index (χ0n) is 14.1. The first-order chi connectivity index (χ1) is 10.2. The van der Waals surface area contributed by atoms with E-state index in [9.17, 15) is 0 Å². The van der Waals surface area contributed by atoms with Crippen molar-refractivity contribution in [2.75, 3.05) is 19.6 Å². The van der Waals surface area contributed by atoms with Crippen LogP contribution in [0, 0.1) is 5.41 Å². The molecule has 1 saturated heterocycles.